The summed E-state index contributed by atoms with van der Waals surface area (Å²) in [4.78, 5) is 23.0. The summed E-state index contributed by atoms with van der Waals surface area (Å²) in [5, 5.41) is 12.2. The Morgan fingerprint density at radius 1 is 1.14 bits per heavy atom. The van der Waals surface area contributed by atoms with Crippen molar-refractivity contribution in [3.63, 3.8) is 0 Å². The van der Waals surface area contributed by atoms with E-state index in [-0.39, 0.29) is 16.3 Å². The van der Waals surface area contributed by atoms with Crippen molar-refractivity contribution in [3.8, 4) is 11.4 Å². The molecular weight excluding hydrogens is 486 g/mol. The van der Waals surface area contributed by atoms with Crippen molar-refractivity contribution in [3.05, 3.63) is 71.3 Å². The minimum Gasteiger partial charge on any atom is -0.494 e. The van der Waals surface area contributed by atoms with Gasteiger partial charge in [0, 0.05) is 49.4 Å². The first-order valence-corrected chi connectivity index (χ1v) is 12.1. The summed E-state index contributed by atoms with van der Waals surface area (Å²) in [6, 6.07) is 6.62. The lowest BCUT2D eigenvalue weighted by molar-refractivity contribution is 0.412. The van der Waals surface area contributed by atoms with Gasteiger partial charge in [0.1, 0.15) is 22.2 Å². The summed E-state index contributed by atoms with van der Waals surface area (Å²) < 4.78 is 36.6. The van der Waals surface area contributed by atoms with Gasteiger partial charge in [0.2, 0.25) is 0 Å². The van der Waals surface area contributed by atoms with Gasteiger partial charge in [-0.1, -0.05) is 0 Å². The van der Waals surface area contributed by atoms with E-state index >= 15 is 0 Å². The molecule has 0 saturated heterocycles. The number of aromatic nitrogens is 7. The summed E-state index contributed by atoms with van der Waals surface area (Å²) in [6.07, 6.45) is 7.23. The van der Waals surface area contributed by atoms with Gasteiger partial charge in [0.25, 0.3) is 15.6 Å². The van der Waals surface area contributed by atoms with Gasteiger partial charge < -0.3 is 15.0 Å². The van der Waals surface area contributed by atoms with E-state index in [4.69, 9.17) is 4.74 Å². The number of benzene rings is 1. The number of nitrogens with zero attached hydrogens (tertiary/aromatic N) is 6. The molecule has 0 atom stereocenters. The number of methoxy groups -OCH3 is 1. The first-order valence-electron chi connectivity index (χ1n) is 10.6. The van der Waals surface area contributed by atoms with E-state index in [2.05, 4.69) is 35.2 Å². The summed E-state index contributed by atoms with van der Waals surface area (Å²) in [5.74, 6) is 0.890. The molecule has 0 aliphatic carbocycles. The topological polar surface area (TPSA) is 162 Å². The number of H-pyrrole nitrogens is 1. The molecular formula is C22H21N9O4S. The Kier molecular flexibility index (Phi) is 5.64. The van der Waals surface area contributed by atoms with Crippen molar-refractivity contribution < 1.29 is 13.2 Å². The summed E-state index contributed by atoms with van der Waals surface area (Å²) >= 11 is 0. The summed E-state index contributed by atoms with van der Waals surface area (Å²) in [6.45, 7) is 1.85. The van der Waals surface area contributed by atoms with Crippen LogP contribution in [0.15, 0.2) is 64.9 Å². The molecule has 4 heterocycles. The number of hydrogen-bond acceptors (Lipinski definition) is 9. The third kappa shape index (κ3) is 4.24. The number of pyridine rings is 1. The Morgan fingerprint density at radius 2 is 1.97 bits per heavy atom. The second-order valence-electron chi connectivity index (χ2n) is 7.82. The number of hydrogen-bond donors (Lipinski definition) is 3. The van der Waals surface area contributed by atoms with Crippen molar-refractivity contribution in [2.45, 2.75) is 11.8 Å². The van der Waals surface area contributed by atoms with Crippen molar-refractivity contribution >= 4 is 38.2 Å². The number of nitrogens with one attached hydrogen (secondary N) is 3. The highest BCUT2D eigenvalue weighted by molar-refractivity contribution is 7.92. The predicted molar refractivity (Wildman–Crippen MR) is 132 cm³/mol. The van der Waals surface area contributed by atoms with Gasteiger partial charge in [-0.05, 0) is 19.1 Å². The Balaban J connectivity index is 1.53. The van der Waals surface area contributed by atoms with E-state index in [9.17, 15) is 13.2 Å². The Bertz CT molecular complexity index is 1760. The first kappa shape index (κ1) is 23.0. The fourth-order valence-electron chi connectivity index (χ4n) is 3.64. The molecule has 4 aromatic heterocycles. The van der Waals surface area contributed by atoms with Gasteiger partial charge in [0.15, 0.2) is 5.82 Å². The molecule has 5 aromatic rings. The normalized spacial score (nSPS) is 11.5. The Morgan fingerprint density at radius 3 is 2.69 bits per heavy atom. The van der Waals surface area contributed by atoms with Crippen molar-refractivity contribution in [1.29, 1.82) is 0 Å². The Hall–Kier alpha value is -4.72. The van der Waals surface area contributed by atoms with Crippen LogP contribution in [0.4, 0.5) is 17.3 Å². The number of aryl methyl sites for hydroxylation is 2. The number of rotatable bonds is 7. The number of anilines is 3. The lowest BCUT2D eigenvalue weighted by Gasteiger charge is -2.13. The quantitative estimate of drug-likeness (QED) is 0.299. The molecule has 0 spiro atoms. The average Bonchev–Trinajstić information content (AvgIpc) is 3.44. The highest BCUT2D eigenvalue weighted by atomic mass is 32.2. The third-order valence-electron chi connectivity index (χ3n) is 5.36. The van der Waals surface area contributed by atoms with Crippen LogP contribution in [0.25, 0.3) is 16.6 Å². The highest BCUT2D eigenvalue weighted by Gasteiger charge is 2.19. The molecule has 0 bridgehead atoms. The van der Waals surface area contributed by atoms with Crippen molar-refractivity contribution in [2.24, 2.45) is 7.05 Å². The average molecular weight is 508 g/mol. The molecule has 0 fully saturated rings. The molecule has 13 nitrogen and oxygen atoms in total. The molecule has 3 N–H and O–H groups in total. The van der Waals surface area contributed by atoms with Gasteiger partial charge in [0.05, 0.1) is 30.2 Å². The van der Waals surface area contributed by atoms with Gasteiger partial charge in [-0.25, -0.2) is 23.1 Å². The van der Waals surface area contributed by atoms with E-state index < -0.39 is 10.0 Å². The predicted octanol–water partition coefficient (Wildman–Crippen LogP) is 2.10. The smallest absolute Gasteiger partial charge is 0.291 e. The molecule has 14 heteroatoms. The fraction of sp³-hybridized carbons (Fsp3) is 0.136. The summed E-state index contributed by atoms with van der Waals surface area (Å²) in [5.41, 5.74) is 1.93. The number of ether oxygens (including phenoxy) is 1. The van der Waals surface area contributed by atoms with Gasteiger partial charge >= 0.3 is 0 Å². The highest BCUT2D eigenvalue weighted by Crippen LogP contribution is 2.31. The minimum atomic E-state index is -3.83. The number of aromatic amines is 1. The molecule has 0 radical (unpaired) electrons. The van der Waals surface area contributed by atoms with Crippen LogP contribution in [0.2, 0.25) is 0 Å². The van der Waals surface area contributed by atoms with Crippen LogP contribution in [0, 0.1) is 6.92 Å². The van der Waals surface area contributed by atoms with Crippen LogP contribution in [-0.2, 0) is 17.1 Å². The van der Waals surface area contributed by atoms with E-state index in [0.29, 0.717) is 28.5 Å². The molecule has 0 aliphatic heterocycles. The molecule has 0 saturated carbocycles. The van der Waals surface area contributed by atoms with Crippen LogP contribution in [0.5, 0.6) is 5.75 Å². The molecule has 0 unspecified atom stereocenters. The van der Waals surface area contributed by atoms with E-state index in [1.54, 1.807) is 42.2 Å². The zero-order valence-corrected chi connectivity index (χ0v) is 20.2. The first-order chi connectivity index (χ1) is 17.2. The van der Waals surface area contributed by atoms with Crippen molar-refractivity contribution in [1.82, 2.24) is 34.5 Å². The maximum absolute atomic E-state index is 12.7. The summed E-state index contributed by atoms with van der Waals surface area (Å²) in [7, 11) is -0.704. The van der Waals surface area contributed by atoms with E-state index in [1.165, 1.54) is 36.6 Å². The minimum absolute atomic E-state index is 0.0426. The zero-order chi connectivity index (χ0) is 25.4. The second-order valence-corrected chi connectivity index (χ2v) is 9.50. The van der Waals surface area contributed by atoms with Gasteiger partial charge in [-0.15, -0.1) is 0 Å². The zero-order valence-electron chi connectivity index (χ0n) is 19.4. The van der Waals surface area contributed by atoms with Crippen LogP contribution < -0.4 is 20.3 Å². The second kappa shape index (κ2) is 8.81. The standard InChI is InChI=1S/C22H21N9O4S/c1-13-16-11-25-20(27-21-22(32)24-7-6-23-21)9-18(16)31(28-13)17-5-4-14(8-19(17)35-3)29-36(33,34)15-10-26-30(2)12-15/h4-12,29H,1-3H3,(H,24,32)(H,23,25,27). The molecule has 184 valence electrons. The van der Waals surface area contributed by atoms with Crippen LogP contribution in [0.3, 0.4) is 0 Å². The lowest BCUT2D eigenvalue weighted by atomic mass is 10.2. The van der Waals surface area contributed by atoms with E-state index in [1.807, 2.05) is 6.92 Å². The third-order valence-corrected chi connectivity index (χ3v) is 6.69. The molecule has 1 aromatic carbocycles. The van der Waals surface area contributed by atoms with Gasteiger partial charge in [-0.3, -0.25) is 14.2 Å². The van der Waals surface area contributed by atoms with Crippen LogP contribution in [-0.4, -0.2) is 50.0 Å². The maximum Gasteiger partial charge on any atom is 0.291 e. The largest absolute Gasteiger partial charge is 0.494 e. The van der Waals surface area contributed by atoms with Crippen molar-refractivity contribution in [2.75, 3.05) is 17.1 Å². The maximum atomic E-state index is 12.7. The molecule has 5 rings (SSSR count). The lowest BCUT2D eigenvalue weighted by Crippen LogP contribution is -2.13. The van der Waals surface area contributed by atoms with Crippen LogP contribution in [0.1, 0.15) is 5.69 Å². The van der Waals surface area contributed by atoms with Crippen LogP contribution >= 0.6 is 0 Å². The molecule has 0 aliphatic rings. The van der Waals surface area contributed by atoms with Gasteiger partial charge in [-0.2, -0.15) is 10.2 Å². The SMILES string of the molecule is COc1cc(NS(=O)(=O)c2cnn(C)c2)ccc1-n1nc(C)c2cnc(Nc3ncc[nH]c3=O)cc21. The van der Waals surface area contributed by atoms with E-state index in [0.717, 1.165) is 11.1 Å². The Labute approximate surface area is 204 Å². The number of fused-ring (bicyclic) bond motifs is 1. The monoisotopic (exact) mass is 507 g/mol. The molecule has 36 heavy (non-hydrogen) atoms. The molecule has 0 amide bonds. The fourth-order valence-corrected chi connectivity index (χ4v) is 4.67. The number of sulfonamides is 1.